The van der Waals surface area contributed by atoms with E-state index in [9.17, 15) is 4.79 Å². The van der Waals surface area contributed by atoms with Gasteiger partial charge in [0.05, 0.1) is 6.07 Å². The molecule has 1 amide bonds. The molecule has 1 aliphatic rings. The second-order valence-corrected chi connectivity index (χ2v) is 5.38. The molecule has 0 spiro atoms. The Hall–Kier alpha value is -1.04. The molecule has 15 heavy (non-hydrogen) atoms. The van der Waals surface area contributed by atoms with Gasteiger partial charge in [-0.2, -0.15) is 5.26 Å². The van der Waals surface area contributed by atoms with Crippen LogP contribution in [0.25, 0.3) is 0 Å². The number of likely N-dealkylation sites (tertiary alicyclic amines) is 1. The minimum Gasteiger partial charge on any atom is -0.342 e. The molecule has 1 heterocycles. The summed E-state index contributed by atoms with van der Waals surface area (Å²) in [5.41, 5.74) is 0.256. The molecule has 3 heteroatoms. The molecule has 3 nitrogen and oxygen atoms in total. The van der Waals surface area contributed by atoms with Gasteiger partial charge in [0, 0.05) is 13.1 Å². The third-order valence-electron chi connectivity index (χ3n) is 3.23. The number of nitriles is 1. The third-order valence-corrected chi connectivity index (χ3v) is 3.23. The molecule has 0 aliphatic carbocycles. The van der Waals surface area contributed by atoms with Crippen molar-refractivity contribution in [3.05, 3.63) is 0 Å². The van der Waals surface area contributed by atoms with Gasteiger partial charge in [-0.05, 0) is 24.2 Å². The number of carbonyl (C=O) groups is 1. The molecular weight excluding hydrogens is 188 g/mol. The van der Waals surface area contributed by atoms with E-state index < -0.39 is 0 Å². The largest absolute Gasteiger partial charge is 0.342 e. The van der Waals surface area contributed by atoms with Crippen LogP contribution in [0.5, 0.6) is 0 Å². The molecule has 0 aromatic rings. The zero-order valence-corrected chi connectivity index (χ0v) is 9.92. The third kappa shape index (κ3) is 3.23. The van der Waals surface area contributed by atoms with Crippen LogP contribution in [-0.4, -0.2) is 23.9 Å². The lowest BCUT2D eigenvalue weighted by atomic mass is 9.76. The van der Waals surface area contributed by atoms with Crippen LogP contribution in [0.1, 0.15) is 40.0 Å². The van der Waals surface area contributed by atoms with Crippen LogP contribution in [0.4, 0.5) is 0 Å². The van der Waals surface area contributed by atoms with E-state index in [1.165, 1.54) is 6.42 Å². The van der Waals surface area contributed by atoms with Crippen molar-refractivity contribution in [2.24, 2.45) is 11.3 Å². The number of hydrogen-bond donors (Lipinski definition) is 0. The first-order valence-corrected chi connectivity index (χ1v) is 5.60. The summed E-state index contributed by atoms with van der Waals surface area (Å²) in [6.45, 7) is 8.30. The van der Waals surface area contributed by atoms with Crippen molar-refractivity contribution in [2.45, 2.75) is 40.0 Å². The maximum Gasteiger partial charge on any atom is 0.236 e. The molecule has 1 aliphatic heterocycles. The van der Waals surface area contributed by atoms with Crippen molar-refractivity contribution in [3.63, 3.8) is 0 Å². The van der Waals surface area contributed by atoms with Crippen LogP contribution in [0, 0.1) is 22.7 Å². The number of hydrogen-bond acceptors (Lipinski definition) is 2. The van der Waals surface area contributed by atoms with Crippen molar-refractivity contribution < 1.29 is 4.79 Å². The molecule has 1 saturated heterocycles. The highest BCUT2D eigenvalue weighted by Crippen LogP contribution is 2.33. The first-order valence-electron chi connectivity index (χ1n) is 5.60. The molecular formula is C12H20N2O. The van der Waals surface area contributed by atoms with E-state index in [2.05, 4.69) is 20.8 Å². The van der Waals surface area contributed by atoms with Gasteiger partial charge in [0.2, 0.25) is 5.91 Å². The van der Waals surface area contributed by atoms with Crippen LogP contribution in [0.3, 0.4) is 0 Å². The molecule has 0 aromatic heterocycles. The van der Waals surface area contributed by atoms with Crippen LogP contribution < -0.4 is 0 Å². The maximum atomic E-state index is 11.6. The van der Waals surface area contributed by atoms with Crippen molar-refractivity contribution in [1.29, 1.82) is 5.26 Å². The van der Waals surface area contributed by atoms with E-state index in [-0.39, 0.29) is 17.7 Å². The van der Waals surface area contributed by atoms with Crippen LogP contribution >= 0.6 is 0 Å². The second kappa shape index (κ2) is 4.65. The standard InChI is InChI=1S/C12H20N2O/c1-12(2,3)10-5-4-8-14(9-10)11(15)6-7-13/h10H,4-6,8-9H2,1-3H3. The molecule has 1 rings (SSSR count). The number of amides is 1. The van der Waals surface area contributed by atoms with E-state index in [1.807, 2.05) is 11.0 Å². The van der Waals surface area contributed by atoms with Gasteiger partial charge in [0.1, 0.15) is 6.42 Å². The van der Waals surface area contributed by atoms with Gasteiger partial charge in [-0.3, -0.25) is 4.79 Å². The summed E-state index contributed by atoms with van der Waals surface area (Å²) in [6, 6.07) is 1.93. The Bertz CT molecular complexity index is 272. The Morgan fingerprint density at radius 1 is 1.53 bits per heavy atom. The Morgan fingerprint density at radius 3 is 2.73 bits per heavy atom. The first-order chi connectivity index (χ1) is 6.95. The lowest BCUT2D eigenvalue weighted by molar-refractivity contribution is -0.132. The zero-order valence-electron chi connectivity index (χ0n) is 9.92. The summed E-state index contributed by atoms with van der Waals surface area (Å²) in [7, 11) is 0. The molecule has 0 bridgehead atoms. The molecule has 0 aromatic carbocycles. The Balaban J connectivity index is 2.57. The molecule has 1 atom stereocenters. The number of carbonyl (C=O) groups excluding carboxylic acids is 1. The quantitative estimate of drug-likeness (QED) is 0.663. The lowest BCUT2D eigenvalue weighted by Crippen LogP contribution is -2.43. The Kier molecular flexibility index (Phi) is 3.73. The zero-order chi connectivity index (χ0) is 11.5. The molecule has 0 saturated carbocycles. The topological polar surface area (TPSA) is 44.1 Å². The minimum atomic E-state index is -0.00792. The summed E-state index contributed by atoms with van der Waals surface area (Å²) >= 11 is 0. The molecule has 1 fully saturated rings. The number of nitrogens with zero attached hydrogens (tertiary/aromatic N) is 2. The van der Waals surface area contributed by atoms with Crippen LogP contribution in [0.15, 0.2) is 0 Å². The normalized spacial score (nSPS) is 22.3. The van der Waals surface area contributed by atoms with Gasteiger partial charge in [-0.1, -0.05) is 20.8 Å². The summed E-state index contributed by atoms with van der Waals surface area (Å²) in [5, 5.41) is 8.50. The lowest BCUT2D eigenvalue weighted by Gasteiger charge is -2.39. The first kappa shape index (κ1) is 12.0. The van der Waals surface area contributed by atoms with Gasteiger partial charge >= 0.3 is 0 Å². The number of piperidine rings is 1. The van der Waals surface area contributed by atoms with Crippen molar-refractivity contribution in [1.82, 2.24) is 4.90 Å². The van der Waals surface area contributed by atoms with Gasteiger partial charge < -0.3 is 4.90 Å². The van der Waals surface area contributed by atoms with E-state index in [4.69, 9.17) is 5.26 Å². The van der Waals surface area contributed by atoms with Gasteiger partial charge in [0.15, 0.2) is 0 Å². The molecule has 0 N–H and O–H groups in total. The monoisotopic (exact) mass is 208 g/mol. The fourth-order valence-electron chi connectivity index (χ4n) is 2.09. The highest BCUT2D eigenvalue weighted by Gasteiger charge is 2.31. The Labute approximate surface area is 92.1 Å². The van der Waals surface area contributed by atoms with Crippen LogP contribution in [0.2, 0.25) is 0 Å². The smallest absolute Gasteiger partial charge is 0.236 e. The second-order valence-electron chi connectivity index (χ2n) is 5.38. The Morgan fingerprint density at radius 2 is 2.20 bits per heavy atom. The highest BCUT2D eigenvalue weighted by atomic mass is 16.2. The minimum absolute atomic E-state index is 0.00792. The molecule has 1 unspecified atom stereocenters. The van der Waals surface area contributed by atoms with E-state index in [0.29, 0.717) is 5.92 Å². The maximum absolute atomic E-state index is 11.6. The van der Waals surface area contributed by atoms with Crippen LogP contribution in [-0.2, 0) is 4.79 Å². The molecule has 0 radical (unpaired) electrons. The van der Waals surface area contributed by atoms with E-state index in [1.54, 1.807) is 0 Å². The predicted octanol–water partition coefficient (Wildman–Crippen LogP) is 2.18. The average Bonchev–Trinajstić information content (AvgIpc) is 2.17. The summed E-state index contributed by atoms with van der Waals surface area (Å²) in [5.74, 6) is 0.556. The SMILES string of the molecule is CC(C)(C)C1CCCN(C(=O)CC#N)C1. The highest BCUT2D eigenvalue weighted by molar-refractivity contribution is 5.78. The molecule has 84 valence electrons. The fraction of sp³-hybridized carbons (Fsp3) is 0.833. The summed E-state index contributed by atoms with van der Waals surface area (Å²) < 4.78 is 0. The summed E-state index contributed by atoms with van der Waals surface area (Å²) in [6.07, 6.45) is 2.29. The van der Waals surface area contributed by atoms with Crippen molar-refractivity contribution >= 4 is 5.91 Å². The van der Waals surface area contributed by atoms with Crippen molar-refractivity contribution in [3.8, 4) is 6.07 Å². The predicted molar refractivity (Wildman–Crippen MR) is 59.0 cm³/mol. The van der Waals surface area contributed by atoms with Gasteiger partial charge in [-0.25, -0.2) is 0 Å². The summed E-state index contributed by atoms with van der Waals surface area (Å²) in [4.78, 5) is 13.4. The van der Waals surface area contributed by atoms with E-state index in [0.717, 1.165) is 19.5 Å². The average molecular weight is 208 g/mol. The number of rotatable bonds is 1. The van der Waals surface area contributed by atoms with Crippen molar-refractivity contribution in [2.75, 3.05) is 13.1 Å². The van der Waals surface area contributed by atoms with Gasteiger partial charge in [0.25, 0.3) is 0 Å². The fourth-order valence-corrected chi connectivity index (χ4v) is 2.09. The van der Waals surface area contributed by atoms with E-state index >= 15 is 0 Å². The van der Waals surface area contributed by atoms with Gasteiger partial charge in [-0.15, -0.1) is 0 Å².